The fourth-order valence-corrected chi connectivity index (χ4v) is 1.93. The number of H-pyrrole nitrogens is 1. The highest BCUT2D eigenvalue weighted by atomic mass is 16.8. The van der Waals surface area contributed by atoms with Gasteiger partial charge in [-0.05, 0) is 0 Å². The number of ether oxygens (including phenoxy) is 5. The van der Waals surface area contributed by atoms with Gasteiger partial charge in [0.2, 0.25) is 0 Å². The van der Waals surface area contributed by atoms with E-state index >= 15 is 0 Å². The summed E-state index contributed by atoms with van der Waals surface area (Å²) in [6, 6.07) is 3.20. The Balaban J connectivity index is 1.40. The molecule has 3 rings (SSSR count). The van der Waals surface area contributed by atoms with Crippen molar-refractivity contribution in [1.29, 1.82) is 0 Å². The molecule has 1 saturated heterocycles. The summed E-state index contributed by atoms with van der Waals surface area (Å²) in [5.41, 5.74) is 1.46. The highest BCUT2D eigenvalue weighted by molar-refractivity contribution is 5.93. The lowest BCUT2D eigenvalue weighted by Gasteiger charge is -2.24. The molecule has 9 nitrogen and oxygen atoms in total. The largest absolute Gasteiger partial charge is 0.463 e. The number of nitrogens with one attached hydrogen (secondary N) is 1. The maximum atomic E-state index is 11.7. The Labute approximate surface area is 124 Å². The van der Waals surface area contributed by atoms with Gasteiger partial charge in [-0.1, -0.05) is 0 Å². The lowest BCUT2D eigenvalue weighted by atomic mass is 10.4. The molecule has 1 fully saturated rings. The smallest absolute Gasteiger partial charge is 0.357 e. The van der Waals surface area contributed by atoms with E-state index in [9.17, 15) is 9.90 Å². The third-order valence-electron chi connectivity index (χ3n) is 2.94. The van der Waals surface area contributed by atoms with Crippen LogP contribution in [0.3, 0.4) is 0 Å². The summed E-state index contributed by atoms with van der Waals surface area (Å²) >= 11 is 0. The summed E-state index contributed by atoms with van der Waals surface area (Å²) in [5.74, 6) is -0.636. The van der Waals surface area contributed by atoms with Crippen molar-refractivity contribution < 1.29 is 38.0 Å². The monoisotopic (exact) mass is 313 g/mol. The Morgan fingerprint density at radius 3 is 3.05 bits per heavy atom. The summed E-state index contributed by atoms with van der Waals surface area (Å²) in [6.45, 7) is -1.21. The highest BCUT2D eigenvalue weighted by Gasteiger charge is 2.20. The van der Waals surface area contributed by atoms with E-state index < -0.39 is 25.3 Å². The van der Waals surface area contributed by atoms with E-state index in [-0.39, 0.29) is 12.5 Å². The molecule has 120 valence electrons. The Hall–Kier alpha value is -1.91. The molecule has 3 heterocycles. The second-order valence-corrected chi connectivity index (χ2v) is 4.52. The molecular formula is C13H15NO8. The van der Waals surface area contributed by atoms with Gasteiger partial charge in [0.25, 0.3) is 6.48 Å². The number of carbonyl (C=O) groups excluding carboxylic acids is 1. The predicted molar refractivity (Wildman–Crippen MR) is 69.6 cm³/mol. The molecule has 0 spiro atoms. The van der Waals surface area contributed by atoms with Crippen LogP contribution in [-0.2, 0) is 23.7 Å². The van der Waals surface area contributed by atoms with Crippen LogP contribution < -0.4 is 0 Å². The number of aliphatic hydroxyl groups is 1. The van der Waals surface area contributed by atoms with E-state index in [0.29, 0.717) is 24.3 Å². The Morgan fingerprint density at radius 1 is 1.45 bits per heavy atom. The van der Waals surface area contributed by atoms with Gasteiger partial charge in [0.05, 0.1) is 25.0 Å². The molecule has 22 heavy (non-hydrogen) atoms. The van der Waals surface area contributed by atoms with E-state index in [1.54, 1.807) is 6.07 Å². The summed E-state index contributed by atoms with van der Waals surface area (Å²) in [4.78, 5) is 14.6. The molecule has 0 aromatic carbocycles. The van der Waals surface area contributed by atoms with Crippen molar-refractivity contribution in [3.63, 3.8) is 0 Å². The zero-order valence-corrected chi connectivity index (χ0v) is 11.5. The topological polar surface area (TPSA) is 112 Å². The first-order chi connectivity index (χ1) is 10.7. The van der Waals surface area contributed by atoms with E-state index in [0.717, 1.165) is 0 Å². The molecule has 1 unspecified atom stereocenters. The van der Waals surface area contributed by atoms with Gasteiger partial charge in [-0.15, -0.1) is 0 Å². The van der Waals surface area contributed by atoms with Crippen molar-refractivity contribution in [3.05, 3.63) is 24.1 Å². The number of fused-ring (bicyclic) bond motifs is 1. The Morgan fingerprint density at radius 2 is 2.27 bits per heavy atom. The van der Waals surface area contributed by atoms with Crippen LogP contribution >= 0.6 is 0 Å². The second-order valence-electron chi connectivity index (χ2n) is 4.52. The van der Waals surface area contributed by atoms with Crippen molar-refractivity contribution in [2.45, 2.75) is 12.6 Å². The average molecular weight is 313 g/mol. The number of aliphatic hydroxyl groups excluding tert-OH is 1. The van der Waals surface area contributed by atoms with Crippen molar-refractivity contribution in [2.24, 2.45) is 0 Å². The molecular weight excluding hydrogens is 298 g/mol. The van der Waals surface area contributed by atoms with Gasteiger partial charge in [-0.3, -0.25) is 4.74 Å². The van der Waals surface area contributed by atoms with Crippen molar-refractivity contribution in [2.75, 3.05) is 26.8 Å². The zero-order valence-electron chi connectivity index (χ0n) is 11.5. The maximum absolute atomic E-state index is 11.7. The molecule has 0 bridgehead atoms. The van der Waals surface area contributed by atoms with Crippen LogP contribution in [0.2, 0.25) is 0 Å². The predicted octanol–water partition coefficient (Wildman–Crippen LogP) is 0.557. The molecule has 2 aromatic heterocycles. The van der Waals surface area contributed by atoms with Gasteiger partial charge in [-0.2, -0.15) is 0 Å². The standard InChI is InChI=1S/C13H15NO8/c15-12(10-3-11-9(14-10)1-2-19-11)20-7-21-13(16)22-8-4-17-6-18-5-8/h1-3,8,13-14,16H,4-7H2. The van der Waals surface area contributed by atoms with Gasteiger partial charge in [0, 0.05) is 12.1 Å². The maximum Gasteiger partial charge on any atom is 0.357 e. The third-order valence-corrected chi connectivity index (χ3v) is 2.94. The molecule has 1 atom stereocenters. The number of carbonyl (C=O) groups is 1. The summed E-state index contributed by atoms with van der Waals surface area (Å²) in [6.07, 6.45) is 1.07. The minimum Gasteiger partial charge on any atom is -0.463 e. The lowest BCUT2D eigenvalue weighted by Crippen LogP contribution is -2.36. The van der Waals surface area contributed by atoms with Gasteiger partial charge >= 0.3 is 5.97 Å². The lowest BCUT2D eigenvalue weighted by molar-refractivity contribution is -0.320. The van der Waals surface area contributed by atoms with Crippen molar-refractivity contribution >= 4 is 17.1 Å². The van der Waals surface area contributed by atoms with E-state index in [1.807, 2.05) is 0 Å². The number of aromatic nitrogens is 1. The quantitative estimate of drug-likeness (QED) is 0.587. The van der Waals surface area contributed by atoms with E-state index in [1.165, 1.54) is 12.3 Å². The first-order valence-corrected chi connectivity index (χ1v) is 6.56. The van der Waals surface area contributed by atoms with Gasteiger partial charge in [0.1, 0.15) is 18.6 Å². The van der Waals surface area contributed by atoms with Crippen molar-refractivity contribution in [3.8, 4) is 0 Å². The van der Waals surface area contributed by atoms with Crippen molar-refractivity contribution in [1.82, 2.24) is 4.98 Å². The number of furan rings is 1. The first-order valence-electron chi connectivity index (χ1n) is 6.56. The molecule has 2 aromatic rings. The number of rotatable bonds is 6. The minimum absolute atomic E-state index is 0.202. The number of hydrogen-bond acceptors (Lipinski definition) is 8. The molecule has 0 radical (unpaired) electrons. The number of esters is 1. The molecule has 1 aliphatic rings. The van der Waals surface area contributed by atoms with Crippen LogP contribution in [0.5, 0.6) is 0 Å². The van der Waals surface area contributed by atoms with Crippen LogP contribution in [0.25, 0.3) is 11.1 Å². The Kier molecular flexibility index (Phi) is 4.71. The van der Waals surface area contributed by atoms with E-state index in [2.05, 4.69) is 4.98 Å². The van der Waals surface area contributed by atoms with Gasteiger partial charge < -0.3 is 33.5 Å². The summed E-state index contributed by atoms with van der Waals surface area (Å²) in [5, 5.41) is 9.50. The third kappa shape index (κ3) is 3.64. The summed E-state index contributed by atoms with van der Waals surface area (Å²) < 4.78 is 29.9. The molecule has 9 heteroatoms. The Bertz CT molecular complexity index is 586. The average Bonchev–Trinajstić information content (AvgIpc) is 3.09. The normalized spacial score (nSPS) is 17.7. The highest BCUT2D eigenvalue weighted by Crippen LogP contribution is 2.16. The molecule has 0 aliphatic carbocycles. The van der Waals surface area contributed by atoms with Crippen LogP contribution in [-0.4, -0.2) is 55.4 Å². The molecule has 0 amide bonds. The van der Waals surface area contributed by atoms with Gasteiger partial charge in [-0.25, -0.2) is 4.79 Å². The van der Waals surface area contributed by atoms with Crippen LogP contribution in [0.4, 0.5) is 0 Å². The first kappa shape index (κ1) is 15.0. The second kappa shape index (κ2) is 6.90. The minimum atomic E-state index is -1.54. The fourth-order valence-electron chi connectivity index (χ4n) is 1.93. The fraction of sp³-hybridized carbons (Fsp3) is 0.462. The van der Waals surface area contributed by atoms with Crippen LogP contribution in [0.1, 0.15) is 10.5 Å². The van der Waals surface area contributed by atoms with E-state index in [4.69, 9.17) is 28.1 Å². The van der Waals surface area contributed by atoms with Crippen LogP contribution in [0.15, 0.2) is 22.8 Å². The van der Waals surface area contributed by atoms with Gasteiger partial charge in [0.15, 0.2) is 12.4 Å². The molecule has 1 aliphatic heterocycles. The number of aromatic amines is 1. The molecule has 2 N–H and O–H groups in total. The number of hydrogen-bond donors (Lipinski definition) is 2. The zero-order chi connectivity index (χ0) is 15.4. The summed E-state index contributed by atoms with van der Waals surface area (Å²) in [7, 11) is 0. The SMILES string of the molecule is O=C(OCOC(O)OC1COCOC1)c1cc2occc2[nH]1. The molecule has 0 saturated carbocycles. The van der Waals surface area contributed by atoms with Crippen LogP contribution in [0, 0.1) is 0 Å².